The fourth-order valence-electron chi connectivity index (χ4n) is 3.26. The van der Waals surface area contributed by atoms with Crippen molar-refractivity contribution in [2.45, 2.75) is 25.4 Å². The largest absolute Gasteiger partial charge is 0.374 e. The summed E-state index contributed by atoms with van der Waals surface area (Å²) in [5.41, 5.74) is 4.43. The maximum absolute atomic E-state index is 6.32. The zero-order chi connectivity index (χ0) is 14.9. The minimum Gasteiger partial charge on any atom is -0.374 e. The molecule has 1 unspecified atom stereocenters. The number of hydrogen-bond donors (Lipinski definition) is 1. The Balaban J connectivity index is 1.90. The van der Waals surface area contributed by atoms with Gasteiger partial charge in [0.2, 0.25) is 0 Å². The number of rotatable bonds is 2. The highest BCUT2D eigenvalue weighted by Gasteiger charge is 2.21. The third-order valence-electron chi connectivity index (χ3n) is 4.31. The van der Waals surface area contributed by atoms with E-state index >= 15 is 0 Å². The molecule has 1 aliphatic heterocycles. The first-order chi connectivity index (χ1) is 10.8. The van der Waals surface area contributed by atoms with E-state index in [0.29, 0.717) is 5.15 Å². The van der Waals surface area contributed by atoms with E-state index in [-0.39, 0.29) is 6.10 Å². The van der Waals surface area contributed by atoms with Crippen LogP contribution in [0.25, 0.3) is 22.0 Å². The molecule has 112 valence electrons. The Morgan fingerprint density at radius 3 is 2.77 bits per heavy atom. The number of aromatic nitrogens is 2. The van der Waals surface area contributed by atoms with Gasteiger partial charge < -0.3 is 4.74 Å². The van der Waals surface area contributed by atoms with Crippen LogP contribution in [-0.2, 0) is 4.74 Å². The van der Waals surface area contributed by atoms with Crippen molar-refractivity contribution in [1.82, 2.24) is 10.2 Å². The molecule has 0 amide bonds. The van der Waals surface area contributed by atoms with Gasteiger partial charge in [-0.1, -0.05) is 48.0 Å². The second-order valence-corrected chi connectivity index (χ2v) is 6.06. The highest BCUT2D eigenvalue weighted by molar-refractivity contribution is 6.35. The summed E-state index contributed by atoms with van der Waals surface area (Å²) in [6.45, 7) is 0.843. The monoisotopic (exact) mass is 312 g/mol. The maximum atomic E-state index is 6.32. The van der Waals surface area contributed by atoms with Crippen LogP contribution in [0.1, 0.15) is 30.9 Å². The van der Waals surface area contributed by atoms with Crippen molar-refractivity contribution in [1.29, 1.82) is 0 Å². The Labute approximate surface area is 134 Å². The molecule has 22 heavy (non-hydrogen) atoms. The van der Waals surface area contributed by atoms with Crippen molar-refractivity contribution >= 4 is 22.5 Å². The Kier molecular flexibility index (Phi) is 3.60. The van der Waals surface area contributed by atoms with Gasteiger partial charge in [-0.2, -0.15) is 5.10 Å². The van der Waals surface area contributed by atoms with Crippen LogP contribution in [0.5, 0.6) is 0 Å². The van der Waals surface area contributed by atoms with E-state index in [9.17, 15) is 0 Å². The molecule has 3 nitrogen and oxygen atoms in total. The van der Waals surface area contributed by atoms with Crippen LogP contribution in [0.4, 0.5) is 0 Å². The molecule has 2 heterocycles. The van der Waals surface area contributed by atoms with E-state index in [4.69, 9.17) is 16.3 Å². The van der Waals surface area contributed by atoms with E-state index in [1.54, 1.807) is 0 Å². The van der Waals surface area contributed by atoms with Gasteiger partial charge in [0, 0.05) is 12.0 Å². The summed E-state index contributed by atoms with van der Waals surface area (Å²) in [6.07, 6.45) is 3.62. The quantitative estimate of drug-likeness (QED) is 0.712. The van der Waals surface area contributed by atoms with Crippen LogP contribution in [0.3, 0.4) is 0 Å². The van der Waals surface area contributed by atoms with Gasteiger partial charge in [-0.05, 0) is 42.0 Å². The first kappa shape index (κ1) is 13.8. The molecule has 1 aliphatic rings. The molecule has 1 atom stereocenters. The van der Waals surface area contributed by atoms with Gasteiger partial charge in [0.25, 0.3) is 0 Å². The lowest BCUT2D eigenvalue weighted by molar-refractivity contribution is 0.0153. The predicted octanol–water partition coefficient (Wildman–Crippen LogP) is 5.12. The van der Waals surface area contributed by atoms with Crippen molar-refractivity contribution < 1.29 is 4.74 Å². The van der Waals surface area contributed by atoms with Gasteiger partial charge >= 0.3 is 0 Å². The highest BCUT2D eigenvalue weighted by Crippen LogP contribution is 2.39. The Morgan fingerprint density at radius 1 is 1.05 bits per heavy atom. The standard InChI is InChI=1S/C18H17ClN2O/c19-18-17-14(8-5-9-15(17)20-21-18)12-6-1-2-7-13(12)16-10-3-4-11-22-16/h1-2,5-9,16H,3-4,10-11H2,(H,20,21). The van der Waals surface area contributed by atoms with Crippen LogP contribution < -0.4 is 0 Å². The molecule has 0 bridgehead atoms. The van der Waals surface area contributed by atoms with Crippen molar-refractivity contribution in [3.63, 3.8) is 0 Å². The second kappa shape index (κ2) is 5.75. The van der Waals surface area contributed by atoms with E-state index in [2.05, 4.69) is 40.5 Å². The molecule has 2 aromatic carbocycles. The van der Waals surface area contributed by atoms with E-state index < -0.39 is 0 Å². The number of ether oxygens (including phenoxy) is 1. The maximum Gasteiger partial charge on any atom is 0.132 e. The number of nitrogens with zero attached hydrogens (tertiary/aromatic N) is 1. The van der Waals surface area contributed by atoms with Crippen LogP contribution >= 0.6 is 11.6 Å². The van der Waals surface area contributed by atoms with Gasteiger partial charge in [-0.15, -0.1) is 0 Å². The summed E-state index contributed by atoms with van der Waals surface area (Å²) >= 11 is 6.32. The zero-order valence-electron chi connectivity index (χ0n) is 12.2. The summed E-state index contributed by atoms with van der Waals surface area (Å²) in [5, 5.41) is 8.70. The normalized spacial score (nSPS) is 18.7. The number of fused-ring (bicyclic) bond motifs is 1. The van der Waals surface area contributed by atoms with E-state index in [1.165, 1.54) is 17.5 Å². The number of aromatic amines is 1. The average Bonchev–Trinajstić information content (AvgIpc) is 2.97. The average molecular weight is 313 g/mol. The third-order valence-corrected chi connectivity index (χ3v) is 4.59. The molecule has 1 aromatic heterocycles. The molecule has 0 spiro atoms. The molecule has 3 aromatic rings. The lowest BCUT2D eigenvalue weighted by Crippen LogP contribution is -2.12. The highest BCUT2D eigenvalue weighted by atomic mass is 35.5. The number of H-pyrrole nitrogens is 1. The molecule has 0 radical (unpaired) electrons. The van der Waals surface area contributed by atoms with Crippen LogP contribution in [0.15, 0.2) is 42.5 Å². The smallest absolute Gasteiger partial charge is 0.132 e. The minimum atomic E-state index is 0.172. The van der Waals surface area contributed by atoms with Crippen LogP contribution in [-0.4, -0.2) is 16.8 Å². The summed E-state index contributed by atoms with van der Waals surface area (Å²) in [7, 11) is 0. The van der Waals surface area contributed by atoms with Crippen LogP contribution in [0, 0.1) is 0 Å². The predicted molar refractivity (Wildman–Crippen MR) is 89.1 cm³/mol. The third kappa shape index (κ3) is 2.31. The Morgan fingerprint density at radius 2 is 1.91 bits per heavy atom. The second-order valence-electron chi connectivity index (χ2n) is 5.68. The van der Waals surface area contributed by atoms with E-state index in [0.717, 1.165) is 35.9 Å². The summed E-state index contributed by atoms with van der Waals surface area (Å²) < 4.78 is 5.99. The number of nitrogens with one attached hydrogen (secondary N) is 1. The van der Waals surface area contributed by atoms with Crippen molar-refractivity contribution in [2.75, 3.05) is 6.61 Å². The number of halogens is 1. The summed E-state index contributed by atoms with van der Waals surface area (Å²) in [6, 6.07) is 14.5. The molecule has 0 saturated carbocycles. The molecule has 4 rings (SSSR count). The summed E-state index contributed by atoms with van der Waals surface area (Å²) in [5.74, 6) is 0. The molecular formula is C18H17ClN2O. The molecular weight excluding hydrogens is 296 g/mol. The molecule has 0 aliphatic carbocycles. The first-order valence-corrected chi connectivity index (χ1v) is 8.06. The lowest BCUT2D eigenvalue weighted by Gasteiger charge is -2.25. The molecule has 4 heteroatoms. The van der Waals surface area contributed by atoms with Gasteiger partial charge in [0.15, 0.2) is 0 Å². The van der Waals surface area contributed by atoms with Gasteiger partial charge in [0.05, 0.1) is 11.6 Å². The molecule has 1 N–H and O–H groups in total. The van der Waals surface area contributed by atoms with Gasteiger partial charge in [-0.3, -0.25) is 5.10 Å². The number of hydrogen-bond acceptors (Lipinski definition) is 2. The Bertz CT molecular complexity index is 806. The summed E-state index contributed by atoms with van der Waals surface area (Å²) in [4.78, 5) is 0. The zero-order valence-corrected chi connectivity index (χ0v) is 12.9. The fraction of sp³-hybridized carbons (Fsp3) is 0.278. The Hall–Kier alpha value is -1.84. The SMILES string of the molecule is Clc1[nH]nc2cccc(-c3ccccc3C3CCCCO3)c12. The van der Waals surface area contributed by atoms with Gasteiger partial charge in [-0.25, -0.2) is 0 Å². The fourth-order valence-corrected chi connectivity index (χ4v) is 3.50. The molecule has 1 fully saturated rings. The lowest BCUT2D eigenvalue weighted by atomic mass is 9.91. The van der Waals surface area contributed by atoms with Crippen molar-refractivity contribution in [3.8, 4) is 11.1 Å². The molecule has 1 saturated heterocycles. The van der Waals surface area contributed by atoms with Gasteiger partial charge in [0.1, 0.15) is 5.15 Å². The number of benzene rings is 2. The minimum absolute atomic E-state index is 0.172. The topological polar surface area (TPSA) is 37.9 Å². The van der Waals surface area contributed by atoms with Crippen molar-refractivity contribution in [2.24, 2.45) is 0 Å². The van der Waals surface area contributed by atoms with Crippen LogP contribution in [0.2, 0.25) is 5.15 Å². The van der Waals surface area contributed by atoms with Crippen molar-refractivity contribution in [3.05, 3.63) is 53.2 Å². The first-order valence-electron chi connectivity index (χ1n) is 7.68. The van der Waals surface area contributed by atoms with E-state index in [1.807, 2.05) is 12.1 Å².